The van der Waals surface area contributed by atoms with Crippen molar-refractivity contribution in [2.45, 2.75) is 36.9 Å². The van der Waals surface area contributed by atoms with Gasteiger partial charge in [-0.1, -0.05) is 30.3 Å². The monoisotopic (exact) mass is 401 g/mol. The molecule has 2 aliphatic heterocycles. The first kappa shape index (κ1) is 19.2. The number of carbonyl (C=O) groups is 1. The molecule has 2 bridgehead atoms. The van der Waals surface area contributed by atoms with Gasteiger partial charge in [-0.25, -0.2) is 0 Å². The van der Waals surface area contributed by atoms with Crippen molar-refractivity contribution in [3.05, 3.63) is 69.6 Å². The Bertz CT molecular complexity index is 960. The van der Waals surface area contributed by atoms with Crippen molar-refractivity contribution in [2.75, 3.05) is 13.1 Å². The number of piperidine rings is 1. The average molecular weight is 402 g/mol. The third kappa shape index (κ3) is 2.96. The molecule has 3 heterocycles. The molecule has 1 fully saturated rings. The van der Waals surface area contributed by atoms with Gasteiger partial charge in [0.15, 0.2) is 0 Å². The zero-order valence-corrected chi connectivity index (χ0v) is 16.2. The SMILES string of the molecule is Cl.O=C(N[C@@H]1c2ccccc2C[C@@H]1O)[C@H]1[C@@H]2CNC[C@@H](C2)c2cccc(=O)n21. The minimum absolute atomic E-state index is 0. The molecule has 0 saturated carbocycles. The number of amides is 1. The van der Waals surface area contributed by atoms with Gasteiger partial charge in [-0.15, -0.1) is 12.4 Å². The number of carbonyl (C=O) groups excluding carboxylic acids is 1. The molecule has 1 amide bonds. The fraction of sp³-hybridized carbons (Fsp3) is 0.429. The molecule has 1 aromatic carbocycles. The summed E-state index contributed by atoms with van der Waals surface area (Å²) in [6.07, 6.45) is 0.799. The van der Waals surface area contributed by atoms with Crippen LogP contribution in [0.3, 0.4) is 0 Å². The lowest BCUT2D eigenvalue weighted by Gasteiger charge is -2.42. The van der Waals surface area contributed by atoms with Gasteiger partial charge in [-0.3, -0.25) is 14.2 Å². The van der Waals surface area contributed by atoms with Crippen molar-refractivity contribution < 1.29 is 9.90 Å². The molecule has 0 radical (unpaired) electrons. The molecular weight excluding hydrogens is 378 g/mol. The number of rotatable bonds is 2. The second kappa shape index (κ2) is 7.35. The van der Waals surface area contributed by atoms with Gasteiger partial charge in [-0.05, 0) is 23.6 Å². The molecule has 3 N–H and O–H groups in total. The first-order valence-electron chi connectivity index (χ1n) is 9.62. The van der Waals surface area contributed by atoms with E-state index < -0.39 is 18.2 Å². The third-order valence-corrected chi connectivity index (χ3v) is 6.32. The van der Waals surface area contributed by atoms with E-state index in [1.165, 1.54) is 6.07 Å². The van der Waals surface area contributed by atoms with Crippen LogP contribution < -0.4 is 16.2 Å². The summed E-state index contributed by atoms with van der Waals surface area (Å²) < 4.78 is 1.68. The Morgan fingerprint density at radius 2 is 1.96 bits per heavy atom. The molecule has 2 aromatic rings. The number of nitrogens with zero attached hydrogens (tertiary/aromatic N) is 1. The minimum Gasteiger partial charge on any atom is -0.390 e. The maximum atomic E-state index is 13.3. The second-order valence-corrected chi connectivity index (χ2v) is 7.91. The van der Waals surface area contributed by atoms with Crippen molar-refractivity contribution in [3.63, 3.8) is 0 Å². The van der Waals surface area contributed by atoms with Crippen LogP contribution in [-0.4, -0.2) is 34.8 Å². The van der Waals surface area contributed by atoms with Crippen LogP contribution in [0.25, 0.3) is 0 Å². The van der Waals surface area contributed by atoms with Gasteiger partial charge in [0.2, 0.25) is 5.91 Å². The Morgan fingerprint density at radius 3 is 2.82 bits per heavy atom. The summed E-state index contributed by atoms with van der Waals surface area (Å²) in [6, 6.07) is 12.1. The fourth-order valence-electron chi connectivity index (χ4n) is 5.12. The Morgan fingerprint density at radius 1 is 1.14 bits per heavy atom. The molecule has 5 rings (SSSR count). The normalized spacial score (nSPS) is 30.0. The smallest absolute Gasteiger partial charge is 0.251 e. The van der Waals surface area contributed by atoms with E-state index in [-0.39, 0.29) is 35.7 Å². The van der Waals surface area contributed by atoms with E-state index in [1.807, 2.05) is 30.3 Å². The van der Waals surface area contributed by atoms with Crippen LogP contribution in [0.1, 0.15) is 41.2 Å². The Hall–Kier alpha value is -2.15. The van der Waals surface area contributed by atoms with Gasteiger partial charge >= 0.3 is 0 Å². The molecule has 148 valence electrons. The summed E-state index contributed by atoms with van der Waals surface area (Å²) >= 11 is 0. The molecule has 0 spiro atoms. The number of hydrogen-bond acceptors (Lipinski definition) is 4. The number of hydrogen-bond donors (Lipinski definition) is 3. The van der Waals surface area contributed by atoms with Crippen molar-refractivity contribution in [3.8, 4) is 0 Å². The number of aromatic nitrogens is 1. The van der Waals surface area contributed by atoms with Crippen molar-refractivity contribution in [1.82, 2.24) is 15.2 Å². The van der Waals surface area contributed by atoms with E-state index in [1.54, 1.807) is 10.6 Å². The molecular formula is C21H24ClN3O3. The maximum absolute atomic E-state index is 13.3. The molecule has 1 saturated heterocycles. The van der Waals surface area contributed by atoms with Crippen LogP contribution in [0.4, 0.5) is 0 Å². The number of aliphatic hydroxyl groups is 1. The van der Waals surface area contributed by atoms with Crippen LogP contribution in [-0.2, 0) is 11.2 Å². The largest absolute Gasteiger partial charge is 0.390 e. The molecule has 28 heavy (non-hydrogen) atoms. The van der Waals surface area contributed by atoms with Crippen LogP contribution in [0, 0.1) is 5.92 Å². The molecule has 5 atom stereocenters. The quantitative estimate of drug-likeness (QED) is 0.708. The summed E-state index contributed by atoms with van der Waals surface area (Å²) in [4.78, 5) is 25.9. The number of halogens is 1. The maximum Gasteiger partial charge on any atom is 0.251 e. The average Bonchev–Trinajstić information content (AvgIpc) is 2.98. The summed E-state index contributed by atoms with van der Waals surface area (Å²) in [5, 5.41) is 16.9. The van der Waals surface area contributed by atoms with Gasteiger partial charge in [-0.2, -0.15) is 0 Å². The lowest BCUT2D eigenvalue weighted by atomic mass is 9.79. The Kier molecular flexibility index (Phi) is 5.04. The highest BCUT2D eigenvalue weighted by Gasteiger charge is 2.43. The standard InChI is InChI=1S/C21H23N3O3.ClH/c25-17-9-12-4-1-2-5-15(12)19(17)23-21(27)20-14-8-13(10-22-11-14)16-6-3-7-18(26)24(16)20;/h1-7,13-14,17,19-20,22,25H,8-11H2,(H,23,27);1H/t13-,14+,17+,19-,20-;/m1./s1. The third-order valence-electron chi connectivity index (χ3n) is 6.32. The summed E-state index contributed by atoms with van der Waals surface area (Å²) in [7, 11) is 0. The van der Waals surface area contributed by atoms with Crippen molar-refractivity contribution >= 4 is 18.3 Å². The highest BCUT2D eigenvalue weighted by atomic mass is 35.5. The molecule has 7 heteroatoms. The van der Waals surface area contributed by atoms with Gasteiger partial charge in [0.25, 0.3) is 5.56 Å². The van der Waals surface area contributed by atoms with Gasteiger partial charge < -0.3 is 15.7 Å². The number of aliphatic hydroxyl groups excluding tert-OH is 1. The lowest BCUT2D eigenvalue weighted by Crippen LogP contribution is -2.53. The van der Waals surface area contributed by atoms with Crippen LogP contribution in [0.15, 0.2) is 47.3 Å². The number of benzene rings is 1. The summed E-state index contributed by atoms with van der Waals surface area (Å²) in [5.74, 6) is 0.155. The molecule has 0 unspecified atom stereocenters. The molecule has 3 aliphatic rings. The van der Waals surface area contributed by atoms with E-state index in [0.29, 0.717) is 6.42 Å². The highest BCUT2D eigenvalue weighted by Crippen LogP contribution is 2.39. The zero-order valence-electron chi connectivity index (χ0n) is 15.4. The highest BCUT2D eigenvalue weighted by molar-refractivity contribution is 5.85. The first-order valence-corrected chi connectivity index (χ1v) is 9.62. The van der Waals surface area contributed by atoms with Gasteiger partial charge in [0.05, 0.1) is 12.1 Å². The molecule has 1 aromatic heterocycles. The predicted octanol–water partition coefficient (Wildman–Crippen LogP) is 1.29. The summed E-state index contributed by atoms with van der Waals surface area (Å²) in [6.45, 7) is 1.56. The van der Waals surface area contributed by atoms with Gasteiger partial charge in [0, 0.05) is 43.1 Å². The zero-order chi connectivity index (χ0) is 18.5. The van der Waals surface area contributed by atoms with E-state index >= 15 is 0 Å². The molecule has 6 nitrogen and oxygen atoms in total. The predicted molar refractivity (Wildman–Crippen MR) is 108 cm³/mol. The summed E-state index contributed by atoms with van der Waals surface area (Å²) in [5.41, 5.74) is 2.83. The van der Waals surface area contributed by atoms with Crippen LogP contribution in [0.5, 0.6) is 0 Å². The second-order valence-electron chi connectivity index (χ2n) is 7.91. The topological polar surface area (TPSA) is 83.4 Å². The van der Waals surface area contributed by atoms with Crippen molar-refractivity contribution in [2.24, 2.45) is 5.92 Å². The van der Waals surface area contributed by atoms with E-state index in [2.05, 4.69) is 10.6 Å². The first-order chi connectivity index (χ1) is 13.1. The van der Waals surface area contributed by atoms with Crippen LogP contribution >= 0.6 is 12.4 Å². The Balaban J connectivity index is 0.00000192. The van der Waals surface area contributed by atoms with E-state index in [4.69, 9.17) is 0 Å². The minimum atomic E-state index is -0.640. The van der Waals surface area contributed by atoms with Crippen molar-refractivity contribution in [1.29, 1.82) is 0 Å². The van der Waals surface area contributed by atoms with Gasteiger partial charge in [0.1, 0.15) is 6.04 Å². The van der Waals surface area contributed by atoms with E-state index in [0.717, 1.165) is 36.3 Å². The lowest BCUT2D eigenvalue weighted by molar-refractivity contribution is -0.128. The number of pyridine rings is 1. The Labute approximate surface area is 169 Å². The number of fused-ring (bicyclic) bond motifs is 5. The number of nitrogens with one attached hydrogen (secondary N) is 2. The fourth-order valence-corrected chi connectivity index (χ4v) is 5.12. The van der Waals surface area contributed by atoms with Crippen LogP contribution in [0.2, 0.25) is 0 Å². The molecule has 1 aliphatic carbocycles. The van der Waals surface area contributed by atoms with E-state index in [9.17, 15) is 14.7 Å².